The lowest BCUT2D eigenvalue weighted by Crippen LogP contribution is -2.53. The molecule has 10 heteroatoms. The zero-order chi connectivity index (χ0) is 25.6. The zero-order valence-electron chi connectivity index (χ0n) is 21.7. The Morgan fingerprint density at radius 1 is 1.19 bits per heavy atom. The third kappa shape index (κ3) is 4.53. The number of anilines is 3. The smallest absolute Gasteiger partial charge is 0.268 e. The number of hydrogen-bond donors (Lipinski definition) is 3. The first-order valence-corrected chi connectivity index (χ1v) is 13.5. The van der Waals surface area contributed by atoms with Crippen molar-refractivity contribution in [3.63, 3.8) is 0 Å². The van der Waals surface area contributed by atoms with E-state index in [9.17, 15) is 9.90 Å². The van der Waals surface area contributed by atoms with Gasteiger partial charge in [-0.2, -0.15) is 4.98 Å². The van der Waals surface area contributed by atoms with Crippen molar-refractivity contribution in [1.29, 1.82) is 0 Å². The molecule has 0 radical (unpaired) electrons. The number of aromatic nitrogens is 4. The number of amides is 1. The Balaban J connectivity index is 1.21. The molecule has 6 rings (SSSR count). The third-order valence-electron chi connectivity index (χ3n) is 8.23. The summed E-state index contributed by atoms with van der Waals surface area (Å²) in [6, 6.07) is 6.31. The lowest BCUT2D eigenvalue weighted by molar-refractivity contribution is 0.0833. The maximum atomic E-state index is 12.7. The Morgan fingerprint density at radius 3 is 2.76 bits per heavy atom. The van der Waals surface area contributed by atoms with Gasteiger partial charge in [-0.1, -0.05) is 19.3 Å². The number of hydrogen-bond acceptors (Lipinski definition) is 8. The molecule has 2 fully saturated rings. The van der Waals surface area contributed by atoms with E-state index in [2.05, 4.69) is 48.0 Å². The first-order chi connectivity index (χ1) is 17.9. The van der Waals surface area contributed by atoms with Gasteiger partial charge in [0.25, 0.3) is 5.91 Å². The standard InChI is InChI=1S/C27H36N8O2/c1-18-15-34(11-10-33(18)16-19(2)36)21-6-7-23(28-14-21)31-26-29-13-20-12-22-25(37)30-17-27(8-4-3-5-9-27)35(22)24(20)32-26/h6-7,12-14,18-19,36H,3-5,8-11,15-17H2,1-2H3,(H,30,37)(H,28,29,31,32)/t18-,19-/m0/s1. The fourth-order valence-electron chi connectivity index (χ4n) is 6.32. The molecule has 1 aliphatic carbocycles. The van der Waals surface area contributed by atoms with Gasteiger partial charge in [0.15, 0.2) is 0 Å². The lowest BCUT2D eigenvalue weighted by atomic mass is 9.80. The quantitative estimate of drug-likeness (QED) is 0.486. The van der Waals surface area contributed by atoms with Crippen LogP contribution in [0.1, 0.15) is 56.4 Å². The van der Waals surface area contributed by atoms with Crippen LogP contribution in [0.5, 0.6) is 0 Å². The highest BCUT2D eigenvalue weighted by atomic mass is 16.3. The van der Waals surface area contributed by atoms with Crippen LogP contribution in [0, 0.1) is 0 Å². The average Bonchev–Trinajstić information content (AvgIpc) is 3.29. The van der Waals surface area contributed by atoms with Crippen molar-refractivity contribution in [3.8, 4) is 0 Å². The summed E-state index contributed by atoms with van der Waals surface area (Å²) in [5.41, 5.74) is 2.46. The molecule has 37 heavy (non-hydrogen) atoms. The summed E-state index contributed by atoms with van der Waals surface area (Å²) in [7, 11) is 0. The van der Waals surface area contributed by atoms with Gasteiger partial charge in [-0.25, -0.2) is 9.97 Å². The number of piperazine rings is 1. The Kier molecular flexibility index (Phi) is 6.24. The second-order valence-electron chi connectivity index (χ2n) is 11.0. The third-order valence-corrected chi connectivity index (χ3v) is 8.23. The van der Waals surface area contributed by atoms with Crippen molar-refractivity contribution in [2.24, 2.45) is 0 Å². The molecular formula is C27H36N8O2. The van der Waals surface area contributed by atoms with Crippen molar-refractivity contribution < 1.29 is 9.90 Å². The van der Waals surface area contributed by atoms with Crippen LogP contribution in [0.2, 0.25) is 0 Å². The molecule has 1 amide bonds. The van der Waals surface area contributed by atoms with Gasteiger partial charge in [0.2, 0.25) is 5.95 Å². The predicted octanol–water partition coefficient (Wildman–Crippen LogP) is 2.86. The summed E-state index contributed by atoms with van der Waals surface area (Å²) in [6.45, 7) is 8.12. The molecule has 3 aromatic heterocycles. The molecule has 2 aliphatic heterocycles. The van der Waals surface area contributed by atoms with Crippen LogP contribution in [0.15, 0.2) is 30.6 Å². The average molecular weight is 505 g/mol. The fourth-order valence-corrected chi connectivity index (χ4v) is 6.32. The molecule has 1 saturated carbocycles. The van der Waals surface area contributed by atoms with E-state index >= 15 is 0 Å². The van der Waals surface area contributed by atoms with Crippen molar-refractivity contribution in [1.82, 2.24) is 29.7 Å². The number of rotatable bonds is 5. The van der Waals surface area contributed by atoms with Crippen LogP contribution in [-0.2, 0) is 5.54 Å². The SMILES string of the molecule is C[C@H](O)CN1CCN(c2ccc(Nc3ncc4cc5n(c4n3)C3(CCCCC3)CNC5=O)nc2)C[C@@H]1C. The second-order valence-corrected chi connectivity index (χ2v) is 11.0. The van der Waals surface area contributed by atoms with E-state index in [4.69, 9.17) is 4.98 Å². The Morgan fingerprint density at radius 2 is 2.03 bits per heavy atom. The number of aliphatic hydroxyl groups is 1. The summed E-state index contributed by atoms with van der Waals surface area (Å²) in [6.07, 6.45) is 9.03. The van der Waals surface area contributed by atoms with E-state index in [-0.39, 0.29) is 17.6 Å². The Hall–Kier alpha value is -3.24. The molecule has 1 saturated heterocycles. The summed E-state index contributed by atoms with van der Waals surface area (Å²) in [5.74, 6) is 1.12. The number of aliphatic hydroxyl groups excluding tert-OH is 1. The topological polar surface area (TPSA) is 111 Å². The van der Waals surface area contributed by atoms with Gasteiger partial charge in [-0.05, 0) is 44.9 Å². The molecule has 1 spiro atoms. The van der Waals surface area contributed by atoms with Gasteiger partial charge in [-0.15, -0.1) is 0 Å². The number of fused-ring (bicyclic) bond motifs is 4. The molecule has 196 valence electrons. The number of carbonyl (C=O) groups excluding carboxylic acids is 1. The van der Waals surface area contributed by atoms with Gasteiger partial charge in [0.1, 0.15) is 17.2 Å². The van der Waals surface area contributed by atoms with Gasteiger partial charge < -0.3 is 25.2 Å². The lowest BCUT2D eigenvalue weighted by Gasteiger charge is -2.42. The second kappa shape index (κ2) is 9.57. The van der Waals surface area contributed by atoms with E-state index in [0.29, 0.717) is 36.6 Å². The van der Waals surface area contributed by atoms with E-state index in [1.54, 1.807) is 6.20 Å². The number of β-amino-alcohol motifs (C(OH)–C–C–N with tert-alkyl or cyclic N) is 1. The molecular weight excluding hydrogens is 468 g/mol. The number of nitrogens with zero attached hydrogens (tertiary/aromatic N) is 6. The van der Waals surface area contributed by atoms with Crippen molar-refractivity contribution in [2.75, 3.05) is 42.9 Å². The minimum absolute atomic E-state index is 0.0398. The molecule has 0 unspecified atom stereocenters. The van der Waals surface area contributed by atoms with Crippen LogP contribution < -0.4 is 15.5 Å². The van der Waals surface area contributed by atoms with Crippen molar-refractivity contribution >= 4 is 34.4 Å². The highest BCUT2D eigenvalue weighted by molar-refractivity contribution is 5.99. The summed E-state index contributed by atoms with van der Waals surface area (Å²) in [4.78, 5) is 31.4. The zero-order valence-corrected chi connectivity index (χ0v) is 21.7. The maximum Gasteiger partial charge on any atom is 0.268 e. The van der Waals surface area contributed by atoms with E-state index in [1.165, 1.54) is 6.42 Å². The Bertz CT molecular complexity index is 1280. The van der Waals surface area contributed by atoms with Crippen LogP contribution in [0.25, 0.3) is 11.0 Å². The maximum absolute atomic E-state index is 12.7. The number of nitrogens with one attached hydrogen (secondary N) is 2. The van der Waals surface area contributed by atoms with Gasteiger partial charge in [0.05, 0.1) is 23.5 Å². The largest absolute Gasteiger partial charge is 0.392 e. The van der Waals surface area contributed by atoms with Crippen LogP contribution in [-0.4, -0.2) is 80.3 Å². The Labute approximate surface area is 217 Å². The number of pyridine rings is 1. The molecule has 0 bridgehead atoms. The van der Waals surface area contributed by atoms with Crippen molar-refractivity contribution in [2.45, 2.75) is 63.6 Å². The molecule has 2 atom stereocenters. The molecule has 3 aliphatic rings. The van der Waals surface area contributed by atoms with Crippen LogP contribution >= 0.6 is 0 Å². The summed E-state index contributed by atoms with van der Waals surface area (Å²) >= 11 is 0. The summed E-state index contributed by atoms with van der Waals surface area (Å²) < 4.78 is 2.18. The summed E-state index contributed by atoms with van der Waals surface area (Å²) in [5, 5.41) is 17.0. The molecule has 10 nitrogen and oxygen atoms in total. The van der Waals surface area contributed by atoms with Crippen molar-refractivity contribution in [3.05, 3.63) is 36.3 Å². The van der Waals surface area contributed by atoms with Crippen LogP contribution in [0.4, 0.5) is 17.5 Å². The first-order valence-electron chi connectivity index (χ1n) is 13.5. The predicted molar refractivity (Wildman–Crippen MR) is 143 cm³/mol. The van der Waals surface area contributed by atoms with Gasteiger partial charge in [-0.3, -0.25) is 9.69 Å². The first kappa shape index (κ1) is 24.1. The van der Waals surface area contributed by atoms with Gasteiger partial charge in [0, 0.05) is 50.3 Å². The van der Waals surface area contributed by atoms with E-state index in [1.807, 2.05) is 25.3 Å². The van der Waals surface area contributed by atoms with E-state index < -0.39 is 0 Å². The minimum atomic E-state index is -0.315. The van der Waals surface area contributed by atoms with Crippen LogP contribution in [0.3, 0.4) is 0 Å². The highest BCUT2D eigenvalue weighted by Gasteiger charge is 2.41. The molecule has 3 aromatic rings. The van der Waals surface area contributed by atoms with Gasteiger partial charge >= 0.3 is 0 Å². The van der Waals surface area contributed by atoms with E-state index in [0.717, 1.165) is 62.0 Å². The molecule has 3 N–H and O–H groups in total. The highest BCUT2D eigenvalue weighted by Crippen LogP contribution is 2.40. The normalized spacial score (nSPS) is 22.6. The number of carbonyl (C=O) groups is 1. The molecule has 0 aromatic carbocycles. The molecule has 5 heterocycles. The minimum Gasteiger partial charge on any atom is -0.392 e. The fraction of sp³-hybridized carbons (Fsp3) is 0.556. The monoisotopic (exact) mass is 504 g/mol.